The second kappa shape index (κ2) is 5.70. The quantitative estimate of drug-likeness (QED) is 0.770. The van der Waals surface area contributed by atoms with E-state index in [4.69, 9.17) is 0 Å². The summed E-state index contributed by atoms with van der Waals surface area (Å²) in [4.78, 5) is 11.8. The highest BCUT2D eigenvalue weighted by molar-refractivity contribution is 9.10. The van der Waals surface area contributed by atoms with Gasteiger partial charge in [0.05, 0.1) is 4.47 Å². The van der Waals surface area contributed by atoms with Gasteiger partial charge >= 0.3 is 0 Å². The standard InChI is InChI=1S/C15H15BrFNO/c1-10(2)15(19)12-5-6-18(9-12)8-11-3-4-14(17)13(16)7-11/h3-7,9-10H,8H2,1-2H3. The summed E-state index contributed by atoms with van der Waals surface area (Å²) in [5, 5.41) is 0. The number of aromatic nitrogens is 1. The highest BCUT2D eigenvalue weighted by Crippen LogP contribution is 2.18. The number of halogens is 2. The van der Waals surface area contributed by atoms with Gasteiger partial charge in [0.2, 0.25) is 0 Å². The second-order valence-corrected chi connectivity index (χ2v) is 5.69. The van der Waals surface area contributed by atoms with Crippen LogP contribution in [-0.4, -0.2) is 10.4 Å². The molecule has 0 fully saturated rings. The van der Waals surface area contributed by atoms with E-state index in [1.165, 1.54) is 6.07 Å². The molecule has 0 atom stereocenters. The Morgan fingerprint density at radius 1 is 1.37 bits per heavy atom. The second-order valence-electron chi connectivity index (χ2n) is 4.84. The first-order chi connectivity index (χ1) is 8.97. The van der Waals surface area contributed by atoms with E-state index in [0.717, 1.165) is 11.1 Å². The fourth-order valence-corrected chi connectivity index (χ4v) is 2.29. The van der Waals surface area contributed by atoms with Crippen molar-refractivity contribution in [2.45, 2.75) is 20.4 Å². The zero-order valence-electron chi connectivity index (χ0n) is 10.9. The third kappa shape index (κ3) is 3.32. The van der Waals surface area contributed by atoms with Crippen LogP contribution in [0.25, 0.3) is 0 Å². The lowest BCUT2D eigenvalue weighted by atomic mass is 10.0. The average Bonchev–Trinajstić information content (AvgIpc) is 2.81. The molecule has 0 spiro atoms. The number of ketones is 1. The molecule has 0 unspecified atom stereocenters. The van der Waals surface area contributed by atoms with Gasteiger partial charge in [-0.15, -0.1) is 0 Å². The van der Waals surface area contributed by atoms with Crippen molar-refractivity contribution in [1.29, 1.82) is 0 Å². The SMILES string of the molecule is CC(C)C(=O)c1ccn(Cc2ccc(F)c(Br)c2)c1. The Balaban J connectivity index is 2.15. The van der Waals surface area contributed by atoms with Gasteiger partial charge < -0.3 is 4.57 Å². The Kier molecular flexibility index (Phi) is 4.20. The first kappa shape index (κ1) is 14.0. The monoisotopic (exact) mass is 323 g/mol. The van der Waals surface area contributed by atoms with Crippen LogP contribution in [0.2, 0.25) is 0 Å². The predicted molar refractivity (Wildman–Crippen MR) is 76.8 cm³/mol. The van der Waals surface area contributed by atoms with Crippen LogP contribution in [0.5, 0.6) is 0 Å². The Morgan fingerprint density at radius 2 is 2.11 bits per heavy atom. The van der Waals surface area contributed by atoms with E-state index >= 15 is 0 Å². The van der Waals surface area contributed by atoms with Crippen molar-refractivity contribution in [1.82, 2.24) is 4.57 Å². The number of hydrogen-bond donors (Lipinski definition) is 0. The third-order valence-electron chi connectivity index (χ3n) is 2.91. The highest BCUT2D eigenvalue weighted by atomic mass is 79.9. The first-order valence-electron chi connectivity index (χ1n) is 6.11. The summed E-state index contributed by atoms with van der Waals surface area (Å²) >= 11 is 3.17. The molecule has 4 heteroatoms. The lowest BCUT2D eigenvalue weighted by Gasteiger charge is -2.05. The molecule has 0 N–H and O–H groups in total. The fourth-order valence-electron chi connectivity index (χ4n) is 1.87. The molecule has 0 saturated carbocycles. The largest absolute Gasteiger partial charge is 0.349 e. The summed E-state index contributed by atoms with van der Waals surface area (Å²) in [6.07, 6.45) is 3.70. The molecular weight excluding hydrogens is 309 g/mol. The topological polar surface area (TPSA) is 22.0 Å². The molecule has 0 aliphatic heterocycles. The van der Waals surface area contributed by atoms with Gasteiger partial charge in [-0.25, -0.2) is 4.39 Å². The van der Waals surface area contributed by atoms with Gasteiger partial charge in [-0.05, 0) is 39.7 Å². The van der Waals surface area contributed by atoms with E-state index in [-0.39, 0.29) is 17.5 Å². The molecule has 1 aromatic carbocycles. The van der Waals surface area contributed by atoms with Gasteiger partial charge in [0.25, 0.3) is 0 Å². The van der Waals surface area contributed by atoms with Gasteiger partial charge in [-0.1, -0.05) is 19.9 Å². The molecule has 2 rings (SSSR count). The molecule has 0 amide bonds. The Bertz CT molecular complexity index is 604. The molecule has 1 aromatic heterocycles. The third-order valence-corrected chi connectivity index (χ3v) is 3.52. The molecule has 19 heavy (non-hydrogen) atoms. The van der Waals surface area contributed by atoms with E-state index in [9.17, 15) is 9.18 Å². The molecule has 0 aliphatic carbocycles. The number of carbonyl (C=O) groups is 1. The molecule has 2 aromatic rings. The molecular formula is C15H15BrFNO. The van der Waals surface area contributed by atoms with Crippen LogP contribution < -0.4 is 0 Å². The van der Waals surface area contributed by atoms with Crippen LogP contribution in [0, 0.1) is 11.7 Å². The van der Waals surface area contributed by atoms with Gasteiger partial charge in [0, 0.05) is 30.4 Å². The van der Waals surface area contributed by atoms with Crippen molar-refractivity contribution in [2.24, 2.45) is 5.92 Å². The molecule has 0 radical (unpaired) electrons. The van der Waals surface area contributed by atoms with Crippen LogP contribution >= 0.6 is 15.9 Å². The Labute approximate surface area is 120 Å². The zero-order chi connectivity index (χ0) is 14.0. The molecule has 0 bridgehead atoms. The van der Waals surface area contributed by atoms with Crippen LogP contribution in [-0.2, 0) is 6.54 Å². The maximum Gasteiger partial charge on any atom is 0.166 e. The summed E-state index contributed by atoms with van der Waals surface area (Å²) in [6.45, 7) is 4.39. The molecule has 2 nitrogen and oxygen atoms in total. The maximum atomic E-state index is 13.1. The highest BCUT2D eigenvalue weighted by Gasteiger charge is 2.11. The zero-order valence-corrected chi connectivity index (χ0v) is 12.4. The van der Waals surface area contributed by atoms with Gasteiger partial charge in [0.1, 0.15) is 5.82 Å². The fraction of sp³-hybridized carbons (Fsp3) is 0.267. The summed E-state index contributed by atoms with van der Waals surface area (Å²) in [7, 11) is 0. The molecule has 100 valence electrons. The van der Waals surface area contributed by atoms with Crippen molar-refractivity contribution < 1.29 is 9.18 Å². The van der Waals surface area contributed by atoms with Gasteiger partial charge in [0.15, 0.2) is 5.78 Å². The maximum absolute atomic E-state index is 13.1. The van der Waals surface area contributed by atoms with E-state index in [0.29, 0.717) is 11.0 Å². The van der Waals surface area contributed by atoms with Crippen molar-refractivity contribution in [3.8, 4) is 0 Å². The smallest absolute Gasteiger partial charge is 0.166 e. The van der Waals surface area contributed by atoms with Crippen molar-refractivity contribution >= 4 is 21.7 Å². The summed E-state index contributed by atoms with van der Waals surface area (Å²) in [6, 6.07) is 6.74. The molecule has 0 aliphatic rings. The van der Waals surface area contributed by atoms with E-state index in [1.54, 1.807) is 12.1 Å². The minimum absolute atomic E-state index is 0.00387. The molecule has 0 saturated heterocycles. The van der Waals surface area contributed by atoms with Crippen LogP contribution in [0.3, 0.4) is 0 Å². The lowest BCUT2D eigenvalue weighted by Crippen LogP contribution is -2.06. The van der Waals surface area contributed by atoms with Crippen LogP contribution in [0.1, 0.15) is 29.8 Å². The first-order valence-corrected chi connectivity index (χ1v) is 6.90. The Hall–Kier alpha value is -1.42. The predicted octanol–water partition coefficient (Wildman–Crippen LogP) is 4.28. The number of Topliss-reactive ketones (excluding diaryl/α,β-unsaturated/α-hetero) is 1. The van der Waals surface area contributed by atoms with E-state index in [2.05, 4.69) is 15.9 Å². The number of hydrogen-bond acceptors (Lipinski definition) is 1. The van der Waals surface area contributed by atoms with Crippen molar-refractivity contribution in [2.75, 3.05) is 0 Å². The van der Waals surface area contributed by atoms with Crippen LogP contribution in [0.4, 0.5) is 4.39 Å². The summed E-state index contributed by atoms with van der Waals surface area (Å²) in [5.74, 6) is -0.137. The number of nitrogens with zero attached hydrogens (tertiary/aromatic N) is 1. The van der Waals surface area contributed by atoms with E-state index < -0.39 is 0 Å². The van der Waals surface area contributed by atoms with Crippen molar-refractivity contribution in [3.05, 3.63) is 58.1 Å². The minimum atomic E-state index is -0.271. The number of carbonyl (C=O) groups excluding carboxylic acids is 1. The summed E-state index contributed by atoms with van der Waals surface area (Å²) in [5.41, 5.74) is 1.70. The number of benzene rings is 1. The number of rotatable bonds is 4. The average molecular weight is 324 g/mol. The minimum Gasteiger partial charge on any atom is -0.349 e. The Morgan fingerprint density at radius 3 is 2.74 bits per heavy atom. The van der Waals surface area contributed by atoms with Crippen molar-refractivity contribution in [3.63, 3.8) is 0 Å². The molecule has 1 heterocycles. The van der Waals surface area contributed by atoms with E-state index in [1.807, 2.05) is 36.9 Å². The normalized spacial score (nSPS) is 11.0. The summed E-state index contributed by atoms with van der Waals surface area (Å²) < 4.78 is 15.5. The van der Waals surface area contributed by atoms with Gasteiger partial charge in [-0.3, -0.25) is 4.79 Å². The van der Waals surface area contributed by atoms with Crippen LogP contribution in [0.15, 0.2) is 41.1 Å². The van der Waals surface area contributed by atoms with Gasteiger partial charge in [-0.2, -0.15) is 0 Å². The lowest BCUT2D eigenvalue weighted by molar-refractivity contribution is 0.0939.